The second-order valence-electron chi connectivity index (χ2n) is 12.1. The maximum atomic E-state index is 12.9. The highest BCUT2D eigenvalue weighted by atomic mass is 16.5. The molecule has 9 rings (SSSR count). The average Bonchev–Trinajstić information content (AvgIpc) is 3.69. The molecule has 0 radical (unpaired) electrons. The summed E-state index contributed by atoms with van der Waals surface area (Å²) in [6, 6.07) is 14.9. The van der Waals surface area contributed by atoms with E-state index >= 15 is 0 Å². The number of hydrogen-bond donors (Lipinski definition) is 3. The number of carbonyl (C=O) groups is 1. The van der Waals surface area contributed by atoms with E-state index in [4.69, 9.17) is 19.2 Å². The second-order valence-corrected chi connectivity index (χ2v) is 12.1. The maximum absolute atomic E-state index is 12.9. The van der Waals surface area contributed by atoms with Crippen LogP contribution in [0, 0.1) is 0 Å². The first-order chi connectivity index (χ1) is 21.6. The van der Waals surface area contributed by atoms with Gasteiger partial charge in [0.2, 0.25) is 5.95 Å². The Morgan fingerprint density at radius 2 is 1.84 bits per heavy atom. The molecule has 3 N–H and O–H groups in total. The van der Waals surface area contributed by atoms with E-state index in [0.717, 1.165) is 61.5 Å². The Kier molecular flexibility index (Phi) is 6.77. The summed E-state index contributed by atoms with van der Waals surface area (Å²) in [5.74, 6) is 1.93. The van der Waals surface area contributed by atoms with Gasteiger partial charge in [-0.25, -0.2) is 4.98 Å². The lowest BCUT2D eigenvalue weighted by molar-refractivity contribution is 0.00444. The number of anilines is 3. The number of piperidine rings is 3. The van der Waals surface area contributed by atoms with Gasteiger partial charge < -0.3 is 34.8 Å². The topological polar surface area (TPSA) is 142 Å². The van der Waals surface area contributed by atoms with Gasteiger partial charge in [-0.3, -0.25) is 4.79 Å². The summed E-state index contributed by atoms with van der Waals surface area (Å²) in [6.45, 7) is 4.63. The Morgan fingerprint density at radius 1 is 1.02 bits per heavy atom. The number of aromatic nitrogens is 4. The molecule has 2 aromatic heterocycles. The van der Waals surface area contributed by atoms with Crippen molar-refractivity contribution in [3.63, 3.8) is 0 Å². The number of nitrogens with zero attached hydrogens (tertiary/aromatic N) is 6. The third-order valence-electron chi connectivity index (χ3n) is 9.62. The lowest BCUT2D eigenvalue weighted by Gasteiger charge is -2.46. The minimum Gasteiger partial charge on any atom is -0.394 e. The Morgan fingerprint density at radius 3 is 2.64 bits per heavy atom. The van der Waals surface area contributed by atoms with Crippen LogP contribution in [-0.4, -0.2) is 86.9 Å². The monoisotopic (exact) mass is 594 g/mol. The first-order valence-electron chi connectivity index (χ1n) is 15.3. The molecule has 0 saturated carbocycles. The molecule has 5 aliphatic heterocycles. The van der Waals surface area contributed by atoms with E-state index in [9.17, 15) is 9.90 Å². The van der Waals surface area contributed by atoms with Crippen LogP contribution in [0.25, 0.3) is 11.5 Å². The van der Waals surface area contributed by atoms with Gasteiger partial charge in [-0.05, 0) is 68.2 Å². The van der Waals surface area contributed by atoms with Gasteiger partial charge in [0, 0.05) is 29.4 Å². The number of morpholine rings is 1. The van der Waals surface area contributed by atoms with Crippen molar-refractivity contribution in [2.24, 2.45) is 0 Å². The number of aliphatic hydroxyl groups excluding tert-OH is 1. The molecule has 1 amide bonds. The number of rotatable bonds is 8. The van der Waals surface area contributed by atoms with E-state index in [1.807, 2.05) is 53.4 Å². The molecule has 0 aliphatic carbocycles. The zero-order valence-electron chi connectivity index (χ0n) is 24.3. The van der Waals surface area contributed by atoms with Crippen molar-refractivity contribution in [3.8, 4) is 11.5 Å². The van der Waals surface area contributed by atoms with Gasteiger partial charge in [-0.2, -0.15) is 9.97 Å². The predicted octanol–water partition coefficient (Wildman–Crippen LogP) is 3.68. The molecule has 0 spiro atoms. The van der Waals surface area contributed by atoms with Crippen molar-refractivity contribution in [1.29, 1.82) is 0 Å². The lowest BCUT2D eigenvalue weighted by atomic mass is 9.71. The Bertz CT molecular complexity index is 1670. The fourth-order valence-corrected chi connectivity index (χ4v) is 7.00. The van der Waals surface area contributed by atoms with Gasteiger partial charge in [-0.15, -0.1) is 0 Å². The molecule has 4 saturated heterocycles. The highest BCUT2D eigenvalue weighted by Crippen LogP contribution is 2.42. The number of carbonyl (C=O) groups excluding carboxylic acids is 1. The van der Waals surface area contributed by atoms with Crippen LogP contribution in [0.3, 0.4) is 0 Å². The molecule has 7 heterocycles. The van der Waals surface area contributed by atoms with Gasteiger partial charge >= 0.3 is 0 Å². The first-order valence-corrected chi connectivity index (χ1v) is 15.3. The highest BCUT2D eigenvalue weighted by Gasteiger charge is 2.44. The lowest BCUT2D eigenvalue weighted by Crippen LogP contribution is -2.51. The summed E-state index contributed by atoms with van der Waals surface area (Å²) in [4.78, 5) is 31.6. The van der Waals surface area contributed by atoms with Crippen molar-refractivity contribution in [2.75, 3.05) is 56.6 Å². The smallest absolute Gasteiger partial charge is 0.263 e. The average molecular weight is 595 g/mol. The van der Waals surface area contributed by atoms with Crippen LogP contribution in [0.5, 0.6) is 0 Å². The van der Waals surface area contributed by atoms with Crippen molar-refractivity contribution in [2.45, 2.75) is 36.8 Å². The SMILES string of the molecule is O=C1c2ccc(Nc3ncc(-c4nc(C56CCN(CC5)CC6)no4)c(N[C@H](CO)c4ccccc4)n3)cc2C2COCCN12. The van der Waals surface area contributed by atoms with Crippen molar-refractivity contribution < 1.29 is 19.2 Å². The van der Waals surface area contributed by atoms with Gasteiger partial charge in [0.15, 0.2) is 5.82 Å². The number of hydrogen-bond acceptors (Lipinski definition) is 11. The Balaban J connectivity index is 1.12. The fraction of sp³-hybridized carbons (Fsp3) is 0.406. The van der Waals surface area contributed by atoms with Crippen LogP contribution >= 0.6 is 0 Å². The first kappa shape index (κ1) is 27.2. The predicted molar refractivity (Wildman–Crippen MR) is 162 cm³/mol. The number of amides is 1. The zero-order chi connectivity index (χ0) is 29.7. The van der Waals surface area contributed by atoms with Crippen LogP contribution in [0.1, 0.15) is 58.7 Å². The summed E-state index contributed by atoms with van der Waals surface area (Å²) in [6.07, 6.45) is 4.74. The highest BCUT2D eigenvalue weighted by molar-refractivity contribution is 5.99. The molecule has 12 nitrogen and oxygen atoms in total. The summed E-state index contributed by atoms with van der Waals surface area (Å²) >= 11 is 0. The molecule has 2 bridgehead atoms. The van der Waals surface area contributed by atoms with Crippen LogP contribution in [0.15, 0.2) is 59.3 Å². The third kappa shape index (κ3) is 4.70. The number of fused-ring (bicyclic) bond motifs is 6. The van der Waals surface area contributed by atoms with Gasteiger partial charge in [0.25, 0.3) is 11.8 Å². The Hall–Kier alpha value is -4.39. The third-order valence-corrected chi connectivity index (χ3v) is 9.62. The molecular weight excluding hydrogens is 560 g/mol. The van der Waals surface area contributed by atoms with Crippen LogP contribution < -0.4 is 10.6 Å². The quantitative estimate of drug-likeness (QED) is 0.275. The van der Waals surface area contributed by atoms with Crippen LogP contribution in [0.4, 0.5) is 17.5 Å². The molecule has 44 heavy (non-hydrogen) atoms. The van der Waals surface area contributed by atoms with Crippen molar-refractivity contribution in [1.82, 2.24) is 29.9 Å². The molecule has 2 atom stereocenters. The van der Waals surface area contributed by atoms with Gasteiger partial charge in [0.1, 0.15) is 11.4 Å². The van der Waals surface area contributed by atoms with E-state index in [1.165, 1.54) is 0 Å². The van der Waals surface area contributed by atoms with E-state index in [-0.39, 0.29) is 24.0 Å². The van der Waals surface area contributed by atoms with Crippen LogP contribution in [0.2, 0.25) is 0 Å². The van der Waals surface area contributed by atoms with Crippen molar-refractivity contribution >= 4 is 23.4 Å². The zero-order valence-corrected chi connectivity index (χ0v) is 24.3. The van der Waals surface area contributed by atoms with E-state index in [1.54, 1.807) is 6.20 Å². The fourth-order valence-electron chi connectivity index (χ4n) is 7.00. The number of nitrogens with one attached hydrogen (secondary N) is 2. The molecule has 226 valence electrons. The van der Waals surface area contributed by atoms with E-state index in [2.05, 4.69) is 25.7 Å². The molecule has 12 heteroatoms. The number of aliphatic hydroxyl groups is 1. The number of ether oxygens (including phenoxy) is 1. The second kappa shape index (κ2) is 11.0. The standard InChI is InChI=1S/C32H34N8O4/c41-18-25(20-4-2-1-3-5-20)35-27-24(28-37-30(38-44-28)32-8-11-39(12-9-32)13-10-32)17-33-31(36-27)34-21-6-7-22-23(16-21)26-19-43-15-14-40(26)29(22)42/h1-7,16-17,25-26,41H,8-15,18-19H2,(H2,33,34,35,36)/t25-,26?/m1/s1. The summed E-state index contributed by atoms with van der Waals surface area (Å²) < 4.78 is 11.5. The molecule has 2 aromatic carbocycles. The summed E-state index contributed by atoms with van der Waals surface area (Å²) in [7, 11) is 0. The molecule has 4 fully saturated rings. The van der Waals surface area contributed by atoms with Gasteiger partial charge in [-0.1, -0.05) is 35.5 Å². The number of benzene rings is 2. The van der Waals surface area contributed by atoms with Gasteiger partial charge in [0.05, 0.1) is 31.9 Å². The minimum absolute atomic E-state index is 0.0418. The van der Waals surface area contributed by atoms with E-state index < -0.39 is 6.04 Å². The summed E-state index contributed by atoms with van der Waals surface area (Å²) in [5.41, 5.74) is 3.81. The molecular formula is C32H34N8O4. The van der Waals surface area contributed by atoms with E-state index in [0.29, 0.717) is 48.5 Å². The molecule has 1 unspecified atom stereocenters. The van der Waals surface area contributed by atoms with Crippen molar-refractivity contribution in [3.05, 3.63) is 77.2 Å². The summed E-state index contributed by atoms with van der Waals surface area (Å²) in [5, 5.41) is 21.5. The molecule has 5 aliphatic rings. The normalized spacial score (nSPS) is 24.6. The minimum atomic E-state index is -0.426. The maximum Gasteiger partial charge on any atom is 0.263 e. The Labute approximate surface area is 254 Å². The molecule has 4 aromatic rings. The largest absolute Gasteiger partial charge is 0.394 e. The van der Waals surface area contributed by atoms with Crippen LogP contribution in [-0.2, 0) is 10.2 Å².